The van der Waals surface area contributed by atoms with Gasteiger partial charge in [-0.05, 0) is 43.5 Å². The van der Waals surface area contributed by atoms with Crippen LogP contribution in [-0.4, -0.2) is 11.4 Å². The summed E-state index contributed by atoms with van der Waals surface area (Å²) in [7, 11) is 0. The molecule has 0 radical (unpaired) electrons. The van der Waals surface area contributed by atoms with Crippen molar-refractivity contribution in [3.8, 4) is 0 Å². The quantitative estimate of drug-likeness (QED) is 0.890. The first-order valence-corrected chi connectivity index (χ1v) is 7.35. The molecule has 3 nitrogen and oxygen atoms in total. The summed E-state index contributed by atoms with van der Waals surface area (Å²) < 4.78 is 26.3. The SMILES string of the molecule is CC(C)(Cc1ccc(F)c(F)c1)NC(=O)[C@@H](N)c1ccccc1. The standard InChI is InChI=1S/C18H20F2N2O/c1-18(2,11-12-8-9-14(19)15(20)10-12)22-17(23)16(21)13-6-4-3-5-7-13/h3-10,16H,11,21H2,1-2H3,(H,22,23)/t16-/m0/s1. The van der Waals surface area contributed by atoms with Gasteiger partial charge in [0.05, 0.1) is 0 Å². The zero-order valence-corrected chi connectivity index (χ0v) is 13.1. The number of halogens is 2. The highest BCUT2D eigenvalue weighted by atomic mass is 19.2. The maximum Gasteiger partial charge on any atom is 0.241 e. The molecule has 0 saturated heterocycles. The molecule has 0 aliphatic carbocycles. The van der Waals surface area contributed by atoms with Gasteiger partial charge in [0.2, 0.25) is 5.91 Å². The van der Waals surface area contributed by atoms with E-state index in [4.69, 9.17) is 5.73 Å². The van der Waals surface area contributed by atoms with Crippen LogP contribution in [0, 0.1) is 11.6 Å². The molecule has 0 aliphatic rings. The van der Waals surface area contributed by atoms with Crippen LogP contribution in [0.1, 0.15) is 31.0 Å². The summed E-state index contributed by atoms with van der Waals surface area (Å²) in [5.41, 5.74) is 6.63. The fourth-order valence-electron chi connectivity index (χ4n) is 2.43. The molecule has 0 bridgehead atoms. The van der Waals surface area contributed by atoms with E-state index >= 15 is 0 Å². The molecule has 2 aromatic carbocycles. The Labute approximate surface area is 134 Å². The average Bonchev–Trinajstić information content (AvgIpc) is 2.50. The summed E-state index contributed by atoms with van der Waals surface area (Å²) >= 11 is 0. The molecular weight excluding hydrogens is 298 g/mol. The first-order valence-electron chi connectivity index (χ1n) is 7.35. The van der Waals surface area contributed by atoms with E-state index in [0.717, 1.165) is 12.1 Å². The van der Waals surface area contributed by atoms with Crippen molar-refractivity contribution in [1.29, 1.82) is 0 Å². The zero-order chi connectivity index (χ0) is 17.0. The molecule has 3 N–H and O–H groups in total. The lowest BCUT2D eigenvalue weighted by molar-refractivity contribution is -0.124. The van der Waals surface area contributed by atoms with E-state index in [1.54, 1.807) is 12.1 Å². The first-order chi connectivity index (χ1) is 10.8. The van der Waals surface area contributed by atoms with Gasteiger partial charge in [-0.15, -0.1) is 0 Å². The Bertz CT molecular complexity index is 687. The van der Waals surface area contributed by atoms with Crippen LogP contribution < -0.4 is 11.1 Å². The van der Waals surface area contributed by atoms with E-state index in [1.807, 2.05) is 32.0 Å². The number of rotatable bonds is 5. The molecule has 1 amide bonds. The molecule has 0 saturated carbocycles. The fourth-order valence-corrected chi connectivity index (χ4v) is 2.43. The van der Waals surface area contributed by atoms with Gasteiger partial charge < -0.3 is 11.1 Å². The number of carbonyl (C=O) groups is 1. The average molecular weight is 318 g/mol. The fraction of sp³-hybridized carbons (Fsp3) is 0.278. The molecule has 0 unspecified atom stereocenters. The second-order valence-electron chi connectivity index (χ2n) is 6.19. The second-order valence-corrected chi connectivity index (χ2v) is 6.19. The molecule has 0 spiro atoms. The molecule has 0 aromatic heterocycles. The van der Waals surface area contributed by atoms with Crippen molar-refractivity contribution in [1.82, 2.24) is 5.32 Å². The van der Waals surface area contributed by atoms with Gasteiger partial charge in [-0.3, -0.25) is 4.79 Å². The van der Waals surface area contributed by atoms with E-state index in [2.05, 4.69) is 5.32 Å². The maximum absolute atomic E-state index is 13.3. The predicted molar refractivity (Wildman–Crippen MR) is 85.7 cm³/mol. The van der Waals surface area contributed by atoms with Crippen molar-refractivity contribution in [2.75, 3.05) is 0 Å². The van der Waals surface area contributed by atoms with Crippen LogP contribution in [0.25, 0.3) is 0 Å². The van der Waals surface area contributed by atoms with E-state index < -0.39 is 23.2 Å². The van der Waals surface area contributed by atoms with Crippen LogP contribution in [0.3, 0.4) is 0 Å². The van der Waals surface area contributed by atoms with E-state index in [1.165, 1.54) is 6.07 Å². The lowest BCUT2D eigenvalue weighted by atomic mass is 9.94. The van der Waals surface area contributed by atoms with Gasteiger partial charge in [0.1, 0.15) is 6.04 Å². The van der Waals surface area contributed by atoms with Gasteiger partial charge in [-0.1, -0.05) is 36.4 Å². The van der Waals surface area contributed by atoms with Gasteiger partial charge in [0.25, 0.3) is 0 Å². The van der Waals surface area contributed by atoms with Crippen molar-refractivity contribution in [2.24, 2.45) is 5.73 Å². The Morgan fingerprint density at radius 1 is 1.13 bits per heavy atom. The van der Waals surface area contributed by atoms with Gasteiger partial charge in [0, 0.05) is 5.54 Å². The summed E-state index contributed by atoms with van der Waals surface area (Å²) in [6.45, 7) is 3.62. The smallest absolute Gasteiger partial charge is 0.241 e. The second kappa shape index (κ2) is 6.87. The van der Waals surface area contributed by atoms with Crippen LogP contribution in [-0.2, 0) is 11.2 Å². The minimum atomic E-state index is -0.898. The number of nitrogens with one attached hydrogen (secondary N) is 1. The number of hydrogen-bond donors (Lipinski definition) is 2. The highest BCUT2D eigenvalue weighted by molar-refractivity contribution is 5.83. The summed E-state index contributed by atoms with van der Waals surface area (Å²) in [5.74, 6) is -2.10. The van der Waals surface area contributed by atoms with E-state index in [0.29, 0.717) is 17.5 Å². The monoisotopic (exact) mass is 318 g/mol. The Hall–Kier alpha value is -2.27. The molecule has 2 rings (SSSR count). The van der Waals surface area contributed by atoms with Crippen molar-refractivity contribution < 1.29 is 13.6 Å². The first kappa shape index (κ1) is 17.1. The Balaban J connectivity index is 2.05. The lowest BCUT2D eigenvalue weighted by Gasteiger charge is -2.28. The largest absolute Gasteiger partial charge is 0.349 e. The minimum Gasteiger partial charge on any atom is -0.349 e. The maximum atomic E-state index is 13.3. The van der Waals surface area contributed by atoms with Gasteiger partial charge >= 0.3 is 0 Å². The summed E-state index contributed by atoms with van der Waals surface area (Å²) in [6, 6.07) is 12.0. The molecule has 122 valence electrons. The van der Waals surface area contributed by atoms with Crippen LogP contribution >= 0.6 is 0 Å². The Morgan fingerprint density at radius 3 is 2.39 bits per heavy atom. The number of hydrogen-bond acceptors (Lipinski definition) is 2. The number of amides is 1. The number of benzene rings is 2. The highest BCUT2D eigenvalue weighted by Crippen LogP contribution is 2.17. The summed E-state index contributed by atoms with van der Waals surface area (Å²) in [6.07, 6.45) is 0.359. The highest BCUT2D eigenvalue weighted by Gasteiger charge is 2.25. The third-order valence-electron chi connectivity index (χ3n) is 3.53. The number of carbonyl (C=O) groups excluding carboxylic acids is 1. The van der Waals surface area contributed by atoms with Gasteiger partial charge in [-0.2, -0.15) is 0 Å². The van der Waals surface area contributed by atoms with Crippen LogP contribution in [0.2, 0.25) is 0 Å². The molecule has 0 aliphatic heterocycles. The van der Waals surface area contributed by atoms with Crippen molar-refractivity contribution >= 4 is 5.91 Å². The molecule has 23 heavy (non-hydrogen) atoms. The van der Waals surface area contributed by atoms with Crippen LogP contribution in [0.4, 0.5) is 8.78 Å². The van der Waals surface area contributed by atoms with E-state index in [9.17, 15) is 13.6 Å². The third-order valence-corrected chi connectivity index (χ3v) is 3.53. The molecule has 2 aromatic rings. The minimum absolute atomic E-state index is 0.316. The predicted octanol–water partition coefficient (Wildman–Crippen LogP) is 3.10. The normalized spacial score (nSPS) is 12.7. The van der Waals surface area contributed by atoms with Crippen molar-refractivity contribution in [3.63, 3.8) is 0 Å². The van der Waals surface area contributed by atoms with Crippen LogP contribution in [0.5, 0.6) is 0 Å². The third kappa shape index (κ3) is 4.60. The Morgan fingerprint density at radius 2 is 1.78 bits per heavy atom. The number of nitrogens with two attached hydrogens (primary N) is 1. The van der Waals surface area contributed by atoms with Crippen molar-refractivity contribution in [3.05, 3.63) is 71.3 Å². The topological polar surface area (TPSA) is 55.1 Å². The molecule has 0 fully saturated rings. The lowest BCUT2D eigenvalue weighted by Crippen LogP contribution is -2.48. The van der Waals surface area contributed by atoms with Gasteiger partial charge in [0.15, 0.2) is 11.6 Å². The molecule has 1 atom stereocenters. The van der Waals surface area contributed by atoms with Crippen LogP contribution in [0.15, 0.2) is 48.5 Å². The van der Waals surface area contributed by atoms with Crippen molar-refractivity contribution in [2.45, 2.75) is 31.8 Å². The Kier molecular flexibility index (Phi) is 5.11. The molecular formula is C18H20F2N2O. The summed E-state index contributed by atoms with van der Waals surface area (Å²) in [4.78, 5) is 12.3. The van der Waals surface area contributed by atoms with E-state index in [-0.39, 0.29) is 5.91 Å². The molecule has 0 heterocycles. The zero-order valence-electron chi connectivity index (χ0n) is 13.1. The molecule has 5 heteroatoms. The summed E-state index contributed by atoms with van der Waals surface area (Å²) in [5, 5.41) is 2.86. The van der Waals surface area contributed by atoms with Gasteiger partial charge in [-0.25, -0.2) is 8.78 Å².